The molecule has 0 atom stereocenters. The van der Waals surface area contributed by atoms with E-state index in [1.165, 1.54) is 5.56 Å². The second kappa shape index (κ2) is 7.93. The van der Waals surface area contributed by atoms with Gasteiger partial charge in [0, 0.05) is 31.5 Å². The van der Waals surface area contributed by atoms with Crippen LogP contribution in [-0.4, -0.2) is 29.0 Å². The molecule has 1 aromatic rings. The monoisotopic (exact) mass is 249 g/mol. The minimum absolute atomic E-state index is 0.0346. The van der Waals surface area contributed by atoms with Crippen molar-refractivity contribution in [3.63, 3.8) is 0 Å². The Labute approximate surface area is 109 Å². The lowest BCUT2D eigenvalue weighted by molar-refractivity contribution is 0.205. The zero-order chi connectivity index (χ0) is 13.4. The molecule has 0 unspecified atom stereocenters. The van der Waals surface area contributed by atoms with Crippen LogP contribution in [0.1, 0.15) is 37.9 Å². The summed E-state index contributed by atoms with van der Waals surface area (Å²) in [6.07, 6.45) is 3.71. The summed E-state index contributed by atoms with van der Waals surface area (Å²) in [5.74, 6) is 0. The van der Waals surface area contributed by atoms with Gasteiger partial charge < -0.3 is 0 Å². The minimum Gasteiger partial charge on any atom is -0.299 e. The van der Waals surface area contributed by atoms with Gasteiger partial charge in [0.05, 0.1) is 6.04 Å². The van der Waals surface area contributed by atoms with Crippen LogP contribution in [0.2, 0.25) is 0 Å². The van der Waals surface area contributed by atoms with Crippen LogP contribution in [-0.2, 0) is 6.54 Å². The molecule has 1 fully saturated rings. The van der Waals surface area contributed by atoms with Crippen molar-refractivity contribution in [2.24, 2.45) is 5.18 Å². The molecule has 0 amide bonds. The number of hydrogen-bond acceptors (Lipinski definition) is 4. The molecule has 0 radical (unpaired) electrons. The van der Waals surface area contributed by atoms with E-state index >= 15 is 0 Å². The molecule has 0 saturated carbocycles. The lowest BCUT2D eigenvalue weighted by atomic mass is 10.1. The number of aromatic nitrogens is 1. The van der Waals surface area contributed by atoms with Gasteiger partial charge in [-0.05, 0) is 31.4 Å². The quantitative estimate of drug-likeness (QED) is 0.773. The maximum Gasteiger partial charge on any atom is 0.0944 e. The van der Waals surface area contributed by atoms with Crippen molar-refractivity contribution < 1.29 is 0 Å². The summed E-state index contributed by atoms with van der Waals surface area (Å²) < 4.78 is 0. The van der Waals surface area contributed by atoms with E-state index in [1.54, 1.807) is 0 Å². The van der Waals surface area contributed by atoms with Gasteiger partial charge >= 0.3 is 0 Å². The van der Waals surface area contributed by atoms with E-state index in [0.29, 0.717) is 0 Å². The summed E-state index contributed by atoms with van der Waals surface area (Å²) in [5.41, 5.74) is 2.29. The molecule has 18 heavy (non-hydrogen) atoms. The van der Waals surface area contributed by atoms with Crippen LogP contribution >= 0.6 is 0 Å². The van der Waals surface area contributed by atoms with Crippen molar-refractivity contribution in [2.45, 2.75) is 46.2 Å². The lowest BCUT2D eigenvalue weighted by Gasteiger charge is -2.28. The van der Waals surface area contributed by atoms with Crippen LogP contribution in [0.25, 0.3) is 0 Å². The second-order valence-corrected chi connectivity index (χ2v) is 4.42. The van der Waals surface area contributed by atoms with Crippen LogP contribution < -0.4 is 0 Å². The molecular formula is C14H23N3O. The highest BCUT2D eigenvalue weighted by Crippen LogP contribution is 2.15. The third-order valence-electron chi connectivity index (χ3n) is 3.08. The van der Waals surface area contributed by atoms with Gasteiger partial charge in [-0.1, -0.05) is 25.1 Å². The molecule has 0 aromatic carbocycles. The number of aryl methyl sites for hydroxylation is 1. The highest BCUT2D eigenvalue weighted by atomic mass is 16.3. The van der Waals surface area contributed by atoms with Crippen molar-refractivity contribution in [3.8, 4) is 0 Å². The Balaban J connectivity index is 0.000000771. The second-order valence-electron chi connectivity index (χ2n) is 4.42. The van der Waals surface area contributed by atoms with E-state index in [1.807, 2.05) is 33.0 Å². The summed E-state index contributed by atoms with van der Waals surface area (Å²) in [7, 11) is 0. The minimum atomic E-state index is 0.0346. The maximum atomic E-state index is 10.4. The number of nitroso groups, excluding NO2 is 1. The molecule has 100 valence electrons. The van der Waals surface area contributed by atoms with E-state index in [0.717, 1.165) is 38.2 Å². The Morgan fingerprint density at radius 1 is 1.33 bits per heavy atom. The molecule has 0 bridgehead atoms. The molecule has 2 heterocycles. The average Bonchev–Trinajstić information content (AvgIpc) is 2.44. The molecule has 1 aliphatic rings. The van der Waals surface area contributed by atoms with Gasteiger partial charge in [0.25, 0.3) is 0 Å². The van der Waals surface area contributed by atoms with Crippen LogP contribution in [0.4, 0.5) is 0 Å². The first kappa shape index (κ1) is 14.8. The van der Waals surface area contributed by atoms with E-state index in [2.05, 4.69) is 21.1 Å². The summed E-state index contributed by atoms with van der Waals surface area (Å²) >= 11 is 0. The number of nitrogens with zero attached hydrogens (tertiary/aromatic N) is 3. The molecule has 1 aromatic heterocycles. The maximum absolute atomic E-state index is 10.4. The highest BCUT2D eigenvalue weighted by Gasteiger charge is 2.19. The topological polar surface area (TPSA) is 45.6 Å². The molecule has 4 heteroatoms. The van der Waals surface area contributed by atoms with Gasteiger partial charge in [-0.25, -0.2) is 0 Å². The Morgan fingerprint density at radius 3 is 2.50 bits per heavy atom. The highest BCUT2D eigenvalue weighted by molar-refractivity contribution is 5.13. The number of rotatable bonds is 3. The predicted octanol–water partition coefficient (Wildman–Crippen LogP) is 3.15. The van der Waals surface area contributed by atoms with Gasteiger partial charge in [0.2, 0.25) is 0 Å². The Kier molecular flexibility index (Phi) is 6.50. The van der Waals surface area contributed by atoms with Crippen LogP contribution in [0, 0.1) is 11.8 Å². The van der Waals surface area contributed by atoms with Crippen molar-refractivity contribution in [2.75, 3.05) is 13.1 Å². The molecule has 1 aliphatic heterocycles. The van der Waals surface area contributed by atoms with E-state index in [9.17, 15) is 4.91 Å². The first-order chi connectivity index (χ1) is 8.78. The fraction of sp³-hybridized carbons (Fsp3) is 0.643. The number of piperidine rings is 1. The molecule has 0 aliphatic carbocycles. The van der Waals surface area contributed by atoms with Crippen LogP contribution in [0.3, 0.4) is 0 Å². The van der Waals surface area contributed by atoms with Crippen molar-refractivity contribution in [1.82, 2.24) is 9.88 Å². The molecule has 2 rings (SSSR count). The van der Waals surface area contributed by atoms with E-state index in [-0.39, 0.29) is 6.04 Å². The summed E-state index contributed by atoms with van der Waals surface area (Å²) in [5, 5.41) is 3.11. The number of hydrogen-bond donors (Lipinski definition) is 0. The zero-order valence-electron chi connectivity index (χ0n) is 11.6. The molecular weight excluding hydrogens is 226 g/mol. The molecule has 0 N–H and O–H groups in total. The van der Waals surface area contributed by atoms with Crippen molar-refractivity contribution >= 4 is 0 Å². The number of pyridine rings is 1. The summed E-state index contributed by atoms with van der Waals surface area (Å²) in [6, 6.07) is 4.19. The van der Waals surface area contributed by atoms with Crippen molar-refractivity contribution in [1.29, 1.82) is 0 Å². The van der Waals surface area contributed by atoms with Crippen molar-refractivity contribution in [3.05, 3.63) is 34.5 Å². The largest absolute Gasteiger partial charge is 0.299 e. The molecule has 1 saturated heterocycles. The first-order valence-corrected chi connectivity index (χ1v) is 6.74. The zero-order valence-corrected chi connectivity index (χ0v) is 11.6. The standard InChI is InChI=1S/C12H17N3O.C2H6/c1-10-2-3-11(8-13-10)9-15-6-4-12(14-16)5-7-15;1-2/h2-3,8,12H,4-7,9H2,1H3;1-2H3. The SMILES string of the molecule is CC.Cc1ccc(CN2CCC(N=O)CC2)cn1. The Morgan fingerprint density at radius 2 is 2.00 bits per heavy atom. The summed E-state index contributed by atoms with van der Waals surface area (Å²) in [6.45, 7) is 8.85. The van der Waals surface area contributed by atoms with Gasteiger partial charge in [0.1, 0.15) is 0 Å². The third-order valence-corrected chi connectivity index (χ3v) is 3.08. The van der Waals surface area contributed by atoms with Gasteiger partial charge in [0.15, 0.2) is 0 Å². The van der Waals surface area contributed by atoms with Gasteiger partial charge in [-0.2, -0.15) is 4.91 Å². The van der Waals surface area contributed by atoms with Gasteiger partial charge in [-0.3, -0.25) is 9.88 Å². The van der Waals surface area contributed by atoms with E-state index in [4.69, 9.17) is 0 Å². The first-order valence-electron chi connectivity index (χ1n) is 6.74. The lowest BCUT2D eigenvalue weighted by Crippen LogP contribution is -2.34. The fourth-order valence-corrected chi connectivity index (χ4v) is 2.03. The molecule has 4 nitrogen and oxygen atoms in total. The number of likely N-dealkylation sites (tertiary alicyclic amines) is 1. The summed E-state index contributed by atoms with van der Waals surface area (Å²) in [4.78, 5) is 17.0. The Bertz CT molecular complexity index is 343. The molecule has 0 spiro atoms. The van der Waals surface area contributed by atoms with Crippen LogP contribution in [0.15, 0.2) is 23.5 Å². The van der Waals surface area contributed by atoms with Gasteiger partial charge in [-0.15, -0.1) is 0 Å². The third kappa shape index (κ3) is 4.53. The Hall–Kier alpha value is -1.29. The van der Waals surface area contributed by atoms with Crippen LogP contribution in [0.5, 0.6) is 0 Å². The normalized spacial score (nSPS) is 16.8. The fourth-order valence-electron chi connectivity index (χ4n) is 2.03. The average molecular weight is 249 g/mol. The smallest absolute Gasteiger partial charge is 0.0944 e. The van der Waals surface area contributed by atoms with E-state index < -0.39 is 0 Å². The predicted molar refractivity (Wildman–Crippen MR) is 74.4 cm³/mol.